The summed E-state index contributed by atoms with van der Waals surface area (Å²) in [4.78, 5) is 0. The van der Waals surface area contributed by atoms with Crippen molar-refractivity contribution < 1.29 is 4.74 Å². The standard InChI is InChI=1S/C8H17NO/c1-9-5-4-8-3-2-6-10-7-8/h8-9H,2-7H2,1H3. The minimum absolute atomic E-state index is 0.821. The van der Waals surface area contributed by atoms with Crippen LogP contribution in [-0.2, 0) is 4.74 Å². The Balaban J connectivity index is 2.02. The molecule has 1 unspecified atom stereocenters. The van der Waals surface area contributed by atoms with Crippen molar-refractivity contribution in [3.63, 3.8) is 0 Å². The molecule has 10 heavy (non-hydrogen) atoms. The molecule has 0 aromatic heterocycles. The average Bonchev–Trinajstić information content (AvgIpc) is 2.03. The molecule has 0 saturated carbocycles. The Morgan fingerprint density at radius 2 is 2.50 bits per heavy atom. The third kappa shape index (κ3) is 2.67. The van der Waals surface area contributed by atoms with Crippen LogP contribution in [-0.4, -0.2) is 26.8 Å². The first-order chi connectivity index (χ1) is 4.93. The van der Waals surface area contributed by atoms with Gasteiger partial charge in [-0.05, 0) is 38.8 Å². The van der Waals surface area contributed by atoms with Crippen LogP contribution in [0.1, 0.15) is 19.3 Å². The van der Waals surface area contributed by atoms with Crippen LogP contribution < -0.4 is 5.32 Å². The summed E-state index contributed by atoms with van der Waals surface area (Å²) in [6.45, 7) is 3.10. The quantitative estimate of drug-likeness (QED) is 0.637. The summed E-state index contributed by atoms with van der Waals surface area (Å²) in [5.41, 5.74) is 0. The highest BCUT2D eigenvalue weighted by Crippen LogP contribution is 2.15. The molecule has 1 atom stereocenters. The molecule has 1 fully saturated rings. The van der Waals surface area contributed by atoms with Crippen molar-refractivity contribution in [1.82, 2.24) is 5.32 Å². The first-order valence-electron chi connectivity index (χ1n) is 4.16. The van der Waals surface area contributed by atoms with E-state index in [-0.39, 0.29) is 0 Å². The number of ether oxygens (including phenoxy) is 1. The van der Waals surface area contributed by atoms with Gasteiger partial charge in [0.2, 0.25) is 0 Å². The molecule has 1 aliphatic rings. The Bertz CT molecular complexity index is 79.3. The van der Waals surface area contributed by atoms with Crippen molar-refractivity contribution in [3.05, 3.63) is 0 Å². The molecule has 2 nitrogen and oxygen atoms in total. The monoisotopic (exact) mass is 143 g/mol. The molecule has 1 N–H and O–H groups in total. The summed E-state index contributed by atoms with van der Waals surface area (Å²) in [6, 6.07) is 0. The van der Waals surface area contributed by atoms with Gasteiger partial charge >= 0.3 is 0 Å². The third-order valence-corrected chi connectivity index (χ3v) is 2.06. The topological polar surface area (TPSA) is 21.3 Å². The lowest BCUT2D eigenvalue weighted by Crippen LogP contribution is -2.21. The zero-order chi connectivity index (χ0) is 7.23. The molecule has 0 aromatic carbocycles. The zero-order valence-electron chi connectivity index (χ0n) is 6.73. The van der Waals surface area contributed by atoms with E-state index in [0.717, 1.165) is 25.7 Å². The molecule has 1 aliphatic heterocycles. The fourth-order valence-corrected chi connectivity index (χ4v) is 1.38. The minimum atomic E-state index is 0.821. The van der Waals surface area contributed by atoms with Gasteiger partial charge in [0.1, 0.15) is 0 Å². The second-order valence-corrected chi connectivity index (χ2v) is 2.98. The summed E-state index contributed by atoms with van der Waals surface area (Å²) in [5.74, 6) is 0.821. The number of nitrogens with one attached hydrogen (secondary N) is 1. The highest BCUT2D eigenvalue weighted by Gasteiger charge is 2.12. The van der Waals surface area contributed by atoms with Gasteiger partial charge in [-0.1, -0.05) is 0 Å². The first-order valence-corrected chi connectivity index (χ1v) is 4.16. The minimum Gasteiger partial charge on any atom is -0.381 e. The maximum atomic E-state index is 5.35. The van der Waals surface area contributed by atoms with Crippen LogP contribution in [0.2, 0.25) is 0 Å². The molecule has 0 spiro atoms. The fourth-order valence-electron chi connectivity index (χ4n) is 1.38. The normalized spacial score (nSPS) is 26.7. The van der Waals surface area contributed by atoms with E-state index >= 15 is 0 Å². The molecule has 2 heteroatoms. The zero-order valence-corrected chi connectivity index (χ0v) is 6.73. The van der Waals surface area contributed by atoms with Gasteiger partial charge < -0.3 is 10.1 Å². The number of hydrogen-bond acceptors (Lipinski definition) is 2. The lowest BCUT2D eigenvalue weighted by molar-refractivity contribution is 0.0520. The Morgan fingerprint density at radius 3 is 3.10 bits per heavy atom. The van der Waals surface area contributed by atoms with E-state index in [2.05, 4.69) is 5.32 Å². The van der Waals surface area contributed by atoms with Gasteiger partial charge in [-0.15, -0.1) is 0 Å². The largest absolute Gasteiger partial charge is 0.381 e. The molecule has 1 heterocycles. The lowest BCUT2D eigenvalue weighted by Gasteiger charge is -2.21. The lowest BCUT2D eigenvalue weighted by atomic mass is 9.99. The van der Waals surface area contributed by atoms with Crippen molar-refractivity contribution in [2.75, 3.05) is 26.8 Å². The molecule has 0 radical (unpaired) electrons. The van der Waals surface area contributed by atoms with Gasteiger partial charge in [0.25, 0.3) is 0 Å². The second kappa shape index (κ2) is 4.69. The number of hydrogen-bond donors (Lipinski definition) is 1. The molecule has 0 amide bonds. The fraction of sp³-hybridized carbons (Fsp3) is 1.00. The maximum Gasteiger partial charge on any atom is 0.0494 e. The van der Waals surface area contributed by atoms with Crippen LogP contribution in [0.25, 0.3) is 0 Å². The van der Waals surface area contributed by atoms with E-state index in [9.17, 15) is 0 Å². The Labute approximate surface area is 63.0 Å². The second-order valence-electron chi connectivity index (χ2n) is 2.98. The Morgan fingerprint density at radius 1 is 1.60 bits per heavy atom. The van der Waals surface area contributed by atoms with Crippen molar-refractivity contribution in [2.24, 2.45) is 5.92 Å². The Hall–Kier alpha value is -0.0800. The summed E-state index contributed by atoms with van der Waals surface area (Å²) in [7, 11) is 2.00. The van der Waals surface area contributed by atoms with Crippen LogP contribution >= 0.6 is 0 Å². The predicted octanol–water partition coefficient (Wildman–Crippen LogP) is 1.02. The predicted molar refractivity (Wildman–Crippen MR) is 42.1 cm³/mol. The van der Waals surface area contributed by atoms with Crippen LogP contribution in [0.15, 0.2) is 0 Å². The van der Waals surface area contributed by atoms with Gasteiger partial charge in [0, 0.05) is 13.2 Å². The van der Waals surface area contributed by atoms with Crippen molar-refractivity contribution in [3.8, 4) is 0 Å². The van der Waals surface area contributed by atoms with Gasteiger partial charge in [-0.2, -0.15) is 0 Å². The van der Waals surface area contributed by atoms with Crippen molar-refractivity contribution in [2.45, 2.75) is 19.3 Å². The third-order valence-electron chi connectivity index (χ3n) is 2.06. The summed E-state index contributed by atoms with van der Waals surface area (Å²) in [6.07, 6.45) is 3.90. The molecular weight excluding hydrogens is 126 g/mol. The summed E-state index contributed by atoms with van der Waals surface area (Å²) >= 11 is 0. The van der Waals surface area contributed by atoms with E-state index < -0.39 is 0 Å². The van der Waals surface area contributed by atoms with E-state index in [4.69, 9.17) is 4.74 Å². The van der Waals surface area contributed by atoms with Gasteiger partial charge in [0.15, 0.2) is 0 Å². The SMILES string of the molecule is CNCCC1CCCOC1. The summed E-state index contributed by atoms with van der Waals surface area (Å²) < 4.78 is 5.35. The molecule has 60 valence electrons. The van der Waals surface area contributed by atoms with Crippen LogP contribution in [0.4, 0.5) is 0 Å². The molecule has 1 rings (SSSR count). The van der Waals surface area contributed by atoms with Gasteiger partial charge in [-0.25, -0.2) is 0 Å². The number of rotatable bonds is 3. The van der Waals surface area contributed by atoms with E-state index in [0.29, 0.717) is 0 Å². The smallest absolute Gasteiger partial charge is 0.0494 e. The van der Waals surface area contributed by atoms with Gasteiger partial charge in [-0.3, -0.25) is 0 Å². The molecule has 1 saturated heterocycles. The highest BCUT2D eigenvalue weighted by atomic mass is 16.5. The Kier molecular flexibility index (Phi) is 3.76. The van der Waals surface area contributed by atoms with Crippen LogP contribution in [0.3, 0.4) is 0 Å². The molecule has 0 aliphatic carbocycles. The molecule has 0 aromatic rings. The van der Waals surface area contributed by atoms with Crippen LogP contribution in [0.5, 0.6) is 0 Å². The maximum absolute atomic E-state index is 5.35. The van der Waals surface area contributed by atoms with Crippen LogP contribution in [0, 0.1) is 5.92 Å². The van der Waals surface area contributed by atoms with E-state index in [1.54, 1.807) is 0 Å². The average molecular weight is 143 g/mol. The van der Waals surface area contributed by atoms with Crippen molar-refractivity contribution >= 4 is 0 Å². The highest BCUT2D eigenvalue weighted by molar-refractivity contribution is 4.63. The van der Waals surface area contributed by atoms with E-state index in [1.807, 2.05) is 7.05 Å². The molecule has 0 bridgehead atoms. The van der Waals surface area contributed by atoms with Gasteiger partial charge in [0.05, 0.1) is 0 Å². The van der Waals surface area contributed by atoms with Crippen molar-refractivity contribution in [1.29, 1.82) is 0 Å². The molecular formula is C8H17NO. The first kappa shape index (κ1) is 8.02. The summed E-state index contributed by atoms with van der Waals surface area (Å²) in [5, 5.41) is 3.16. The van der Waals surface area contributed by atoms with E-state index in [1.165, 1.54) is 19.3 Å².